The summed E-state index contributed by atoms with van der Waals surface area (Å²) in [7, 11) is 0. The molecule has 2 rings (SSSR count). The average molecular weight is 329 g/mol. The number of nitriles is 1. The number of amides is 1. The Hall–Kier alpha value is -2.51. The van der Waals surface area contributed by atoms with E-state index in [0.717, 1.165) is 16.8 Å². The molecule has 0 unspecified atom stereocenters. The highest BCUT2D eigenvalue weighted by Crippen LogP contribution is 2.26. The lowest BCUT2D eigenvalue weighted by molar-refractivity contribution is -0.122. The maximum Gasteiger partial charge on any atom is 0.265 e. The first-order chi connectivity index (χ1) is 10.9. The number of nitrogens with zero attached hydrogens (tertiary/aromatic N) is 1. The van der Waals surface area contributed by atoms with E-state index in [2.05, 4.69) is 5.32 Å². The van der Waals surface area contributed by atoms with Gasteiger partial charge in [-0.05, 0) is 50.6 Å². The number of hydrogen-bond donors (Lipinski definition) is 1. The highest BCUT2D eigenvalue weighted by Gasteiger charge is 2.17. The van der Waals surface area contributed by atoms with Gasteiger partial charge in [0.25, 0.3) is 5.91 Å². The molecule has 0 saturated heterocycles. The summed E-state index contributed by atoms with van der Waals surface area (Å²) in [4.78, 5) is 12.3. The van der Waals surface area contributed by atoms with Crippen LogP contribution in [0.15, 0.2) is 36.4 Å². The van der Waals surface area contributed by atoms with Gasteiger partial charge in [0.05, 0.1) is 16.7 Å². The van der Waals surface area contributed by atoms with Crippen molar-refractivity contribution < 1.29 is 9.53 Å². The van der Waals surface area contributed by atoms with Crippen molar-refractivity contribution in [3.05, 3.63) is 58.1 Å². The highest BCUT2D eigenvalue weighted by atomic mass is 35.5. The lowest BCUT2D eigenvalue weighted by Gasteiger charge is -2.16. The van der Waals surface area contributed by atoms with Gasteiger partial charge in [-0.25, -0.2) is 0 Å². The Labute approximate surface area is 140 Å². The number of rotatable bonds is 4. The fraction of sp³-hybridized carbons (Fsp3) is 0.222. The van der Waals surface area contributed by atoms with Crippen molar-refractivity contribution in [1.82, 2.24) is 0 Å². The molecule has 1 atom stereocenters. The minimum atomic E-state index is -0.721. The molecule has 4 nitrogen and oxygen atoms in total. The van der Waals surface area contributed by atoms with Crippen molar-refractivity contribution in [3.63, 3.8) is 0 Å². The molecule has 2 aromatic carbocycles. The third kappa shape index (κ3) is 4.24. The van der Waals surface area contributed by atoms with Crippen LogP contribution in [-0.4, -0.2) is 12.0 Å². The molecule has 0 aromatic heterocycles. The normalized spacial score (nSPS) is 11.4. The molecule has 0 spiro atoms. The standard InChI is InChI=1S/C18H17ClN2O2/c1-11-4-6-16(12(2)8-11)21-18(22)13(3)23-17-7-5-14(10-20)9-15(17)19/h4-9,13H,1-3H3,(H,21,22)/t13-/m1/s1. The highest BCUT2D eigenvalue weighted by molar-refractivity contribution is 6.32. The summed E-state index contributed by atoms with van der Waals surface area (Å²) in [6.07, 6.45) is -0.721. The Morgan fingerprint density at radius 3 is 2.61 bits per heavy atom. The van der Waals surface area contributed by atoms with Gasteiger partial charge in [-0.1, -0.05) is 29.3 Å². The van der Waals surface area contributed by atoms with Gasteiger partial charge in [0.2, 0.25) is 0 Å². The smallest absolute Gasteiger partial charge is 0.265 e. The van der Waals surface area contributed by atoms with Crippen LogP contribution in [0.1, 0.15) is 23.6 Å². The third-order valence-electron chi connectivity index (χ3n) is 3.37. The number of anilines is 1. The number of halogens is 1. The van der Waals surface area contributed by atoms with Gasteiger partial charge >= 0.3 is 0 Å². The fourth-order valence-corrected chi connectivity index (χ4v) is 2.32. The van der Waals surface area contributed by atoms with Crippen LogP contribution in [0.5, 0.6) is 5.75 Å². The van der Waals surface area contributed by atoms with Crippen molar-refractivity contribution in [1.29, 1.82) is 5.26 Å². The molecule has 23 heavy (non-hydrogen) atoms. The van der Waals surface area contributed by atoms with Crippen LogP contribution in [0.3, 0.4) is 0 Å². The number of carbonyl (C=O) groups is 1. The van der Waals surface area contributed by atoms with E-state index in [-0.39, 0.29) is 5.91 Å². The van der Waals surface area contributed by atoms with E-state index in [1.807, 2.05) is 38.1 Å². The maximum absolute atomic E-state index is 12.3. The van der Waals surface area contributed by atoms with Crippen molar-refractivity contribution in [2.45, 2.75) is 26.9 Å². The van der Waals surface area contributed by atoms with E-state index in [0.29, 0.717) is 16.3 Å². The Morgan fingerprint density at radius 1 is 1.26 bits per heavy atom. The summed E-state index contributed by atoms with van der Waals surface area (Å²) in [5.74, 6) is 0.103. The molecule has 0 heterocycles. The SMILES string of the molecule is Cc1ccc(NC(=O)[C@@H](C)Oc2ccc(C#N)cc2Cl)c(C)c1. The molecule has 2 aromatic rings. The van der Waals surface area contributed by atoms with Crippen LogP contribution in [0.2, 0.25) is 5.02 Å². The molecule has 0 aliphatic heterocycles. The first kappa shape index (κ1) is 16.9. The van der Waals surface area contributed by atoms with Gasteiger partial charge in [0.1, 0.15) is 5.75 Å². The zero-order chi connectivity index (χ0) is 17.0. The summed E-state index contributed by atoms with van der Waals surface area (Å²) >= 11 is 6.05. The van der Waals surface area contributed by atoms with Crippen LogP contribution in [0, 0.1) is 25.2 Å². The van der Waals surface area contributed by atoms with Gasteiger partial charge < -0.3 is 10.1 Å². The molecular weight excluding hydrogens is 312 g/mol. The number of hydrogen-bond acceptors (Lipinski definition) is 3. The molecule has 0 radical (unpaired) electrons. The third-order valence-corrected chi connectivity index (χ3v) is 3.67. The van der Waals surface area contributed by atoms with Crippen LogP contribution in [-0.2, 0) is 4.79 Å². The van der Waals surface area contributed by atoms with E-state index in [4.69, 9.17) is 21.6 Å². The van der Waals surface area contributed by atoms with Crippen molar-refractivity contribution >= 4 is 23.2 Å². The second kappa shape index (κ2) is 7.17. The van der Waals surface area contributed by atoms with Gasteiger partial charge in [-0.2, -0.15) is 5.26 Å². The molecule has 1 N–H and O–H groups in total. The van der Waals surface area contributed by atoms with Gasteiger partial charge in [-0.3, -0.25) is 4.79 Å². The van der Waals surface area contributed by atoms with E-state index >= 15 is 0 Å². The number of carbonyl (C=O) groups excluding carboxylic acids is 1. The monoisotopic (exact) mass is 328 g/mol. The predicted octanol–water partition coefficient (Wildman–Crippen LogP) is 4.23. The Bertz CT molecular complexity index is 781. The van der Waals surface area contributed by atoms with Crippen LogP contribution < -0.4 is 10.1 Å². The molecule has 0 saturated carbocycles. The summed E-state index contributed by atoms with van der Waals surface area (Å²) in [6.45, 7) is 5.58. The zero-order valence-corrected chi connectivity index (χ0v) is 13.9. The van der Waals surface area contributed by atoms with E-state index < -0.39 is 6.10 Å². The van der Waals surface area contributed by atoms with Crippen LogP contribution in [0.4, 0.5) is 5.69 Å². The Morgan fingerprint density at radius 2 is 2.00 bits per heavy atom. The van der Waals surface area contributed by atoms with Gasteiger partial charge in [0.15, 0.2) is 6.10 Å². The topological polar surface area (TPSA) is 62.1 Å². The van der Waals surface area contributed by atoms with Crippen molar-refractivity contribution in [2.75, 3.05) is 5.32 Å². The minimum absolute atomic E-state index is 0.266. The van der Waals surface area contributed by atoms with Gasteiger partial charge in [-0.15, -0.1) is 0 Å². The molecule has 0 bridgehead atoms. The number of nitrogens with one attached hydrogen (secondary N) is 1. The zero-order valence-electron chi connectivity index (χ0n) is 13.2. The molecule has 1 amide bonds. The van der Waals surface area contributed by atoms with E-state index in [9.17, 15) is 4.79 Å². The Balaban J connectivity index is 2.07. The van der Waals surface area contributed by atoms with E-state index in [1.54, 1.807) is 19.1 Å². The summed E-state index contributed by atoms with van der Waals surface area (Å²) in [6, 6.07) is 12.5. The summed E-state index contributed by atoms with van der Waals surface area (Å²) in [5.41, 5.74) is 3.31. The molecule has 0 aliphatic carbocycles. The number of benzene rings is 2. The lowest BCUT2D eigenvalue weighted by Crippen LogP contribution is -2.30. The number of ether oxygens (including phenoxy) is 1. The first-order valence-corrected chi connectivity index (χ1v) is 7.53. The van der Waals surface area contributed by atoms with Crippen LogP contribution in [0.25, 0.3) is 0 Å². The minimum Gasteiger partial charge on any atom is -0.479 e. The van der Waals surface area contributed by atoms with Crippen LogP contribution >= 0.6 is 11.6 Å². The maximum atomic E-state index is 12.3. The van der Waals surface area contributed by atoms with Crippen molar-refractivity contribution in [2.24, 2.45) is 0 Å². The lowest BCUT2D eigenvalue weighted by atomic mass is 10.1. The summed E-state index contributed by atoms with van der Waals surface area (Å²) < 4.78 is 5.59. The molecule has 0 fully saturated rings. The largest absolute Gasteiger partial charge is 0.479 e. The molecule has 5 heteroatoms. The predicted molar refractivity (Wildman–Crippen MR) is 90.8 cm³/mol. The first-order valence-electron chi connectivity index (χ1n) is 7.15. The Kier molecular flexibility index (Phi) is 5.25. The van der Waals surface area contributed by atoms with Crippen molar-refractivity contribution in [3.8, 4) is 11.8 Å². The van der Waals surface area contributed by atoms with Gasteiger partial charge in [0, 0.05) is 5.69 Å². The quantitative estimate of drug-likeness (QED) is 0.913. The average Bonchev–Trinajstić information content (AvgIpc) is 2.51. The van der Waals surface area contributed by atoms with E-state index in [1.165, 1.54) is 6.07 Å². The second-order valence-electron chi connectivity index (χ2n) is 5.32. The molecule has 0 aliphatic rings. The second-order valence-corrected chi connectivity index (χ2v) is 5.73. The fourth-order valence-electron chi connectivity index (χ4n) is 2.10. The molecular formula is C18H17ClN2O2. The summed E-state index contributed by atoms with van der Waals surface area (Å²) in [5, 5.41) is 12.0. The molecule has 118 valence electrons. The number of aryl methyl sites for hydroxylation is 2.